The molecule has 0 amide bonds. The van der Waals surface area contributed by atoms with Gasteiger partial charge in [0, 0.05) is 32.3 Å². The van der Waals surface area contributed by atoms with Crippen LogP contribution in [0.2, 0.25) is 0 Å². The number of nitrogens with one attached hydrogen (secondary N) is 1. The van der Waals surface area contributed by atoms with Crippen molar-refractivity contribution in [3.05, 3.63) is 67.0 Å². The zero-order valence-corrected chi connectivity index (χ0v) is 14.9. The number of rotatable bonds is 3. The van der Waals surface area contributed by atoms with Crippen molar-refractivity contribution in [2.24, 2.45) is 0 Å². The lowest BCUT2D eigenvalue weighted by Crippen LogP contribution is -1.91. The molecule has 26 heavy (non-hydrogen) atoms. The van der Waals surface area contributed by atoms with Crippen LogP contribution in [0, 0.1) is 0 Å². The van der Waals surface area contributed by atoms with Gasteiger partial charge >= 0.3 is 0 Å². The summed E-state index contributed by atoms with van der Waals surface area (Å²) in [4.78, 5) is 5.55. The molecule has 5 aromatic rings. The largest absolute Gasteiger partial charge is 0.481 e. The number of methoxy groups -OCH3 is 1. The Hall–Kier alpha value is -3.18. The van der Waals surface area contributed by atoms with E-state index in [9.17, 15) is 0 Å². The number of hydrogen-bond donors (Lipinski definition) is 1. The van der Waals surface area contributed by atoms with Crippen LogP contribution in [0.15, 0.2) is 67.0 Å². The lowest BCUT2D eigenvalue weighted by atomic mass is 10.00. The minimum Gasteiger partial charge on any atom is -0.481 e. The summed E-state index contributed by atoms with van der Waals surface area (Å²) in [6.45, 7) is 0. The molecule has 0 atom stereocenters. The summed E-state index contributed by atoms with van der Waals surface area (Å²) < 4.78 is 6.73. The molecular weight excluding hydrogens is 342 g/mol. The van der Waals surface area contributed by atoms with Crippen molar-refractivity contribution in [1.29, 1.82) is 0 Å². The average molecular weight is 357 g/mol. The highest BCUT2D eigenvalue weighted by atomic mass is 32.1. The number of benzene rings is 2. The van der Waals surface area contributed by atoms with Crippen molar-refractivity contribution >= 4 is 32.3 Å². The van der Waals surface area contributed by atoms with E-state index in [0.29, 0.717) is 5.88 Å². The number of aromatic amines is 1. The average Bonchev–Trinajstić information content (AvgIpc) is 3.33. The summed E-state index contributed by atoms with van der Waals surface area (Å²) in [6, 6.07) is 18.9. The fourth-order valence-corrected chi connectivity index (χ4v) is 4.38. The SMILES string of the molecule is COc1ncccc1-c1cc(-c2cc3ccccc3s2)c2[nH]ncc2c1. The third kappa shape index (κ3) is 2.36. The zero-order valence-electron chi connectivity index (χ0n) is 14.1. The molecular formula is C21H15N3OS. The monoisotopic (exact) mass is 357 g/mol. The van der Waals surface area contributed by atoms with Gasteiger partial charge in [-0.2, -0.15) is 5.10 Å². The smallest absolute Gasteiger partial charge is 0.221 e. The van der Waals surface area contributed by atoms with Crippen molar-refractivity contribution < 1.29 is 4.74 Å². The number of hydrogen-bond acceptors (Lipinski definition) is 4. The van der Waals surface area contributed by atoms with Gasteiger partial charge in [-0.3, -0.25) is 5.10 Å². The topological polar surface area (TPSA) is 50.8 Å². The number of H-pyrrole nitrogens is 1. The zero-order chi connectivity index (χ0) is 17.5. The molecule has 0 saturated heterocycles. The Morgan fingerprint density at radius 2 is 1.88 bits per heavy atom. The Bertz CT molecular complexity index is 1210. The Labute approximate surface area is 154 Å². The third-order valence-electron chi connectivity index (χ3n) is 4.52. The van der Waals surface area contributed by atoms with Gasteiger partial charge in [0.05, 0.1) is 18.8 Å². The standard InChI is InChI=1S/C21H15N3OS/c1-25-21-16(6-4-8-22-21)14-9-15-12-23-24-20(15)17(10-14)19-11-13-5-2-3-7-18(13)26-19/h2-12H,1H3,(H,23,24). The summed E-state index contributed by atoms with van der Waals surface area (Å²) >= 11 is 1.79. The highest BCUT2D eigenvalue weighted by molar-refractivity contribution is 7.22. The number of nitrogens with zero attached hydrogens (tertiary/aromatic N) is 2. The van der Waals surface area contributed by atoms with Gasteiger partial charge in [0.2, 0.25) is 5.88 Å². The van der Waals surface area contributed by atoms with Gasteiger partial charge in [-0.05, 0) is 47.3 Å². The van der Waals surface area contributed by atoms with Crippen molar-refractivity contribution in [2.75, 3.05) is 7.11 Å². The Balaban J connectivity index is 1.78. The van der Waals surface area contributed by atoms with Crippen LogP contribution in [-0.2, 0) is 0 Å². The highest BCUT2D eigenvalue weighted by Gasteiger charge is 2.14. The number of ether oxygens (including phenoxy) is 1. The third-order valence-corrected chi connectivity index (χ3v) is 5.66. The van der Waals surface area contributed by atoms with Gasteiger partial charge in [-0.25, -0.2) is 4.98 Å². The highest BCUT2D eigenvalue weighted by Crippen LogP contribution is 2.40. The predicted molar refractivity (Wildman–Crippen MR) is 107 cm³/mol. The summed E-state index contributed by atoms with van der Waals surface area (Å²) in [5.74, 6) is 0.623. The van der Waals surface area contributed by atoms with E-state index in [0.717, 1.165) is 27.6 Å². The lowest BCUT2D eigenvalue weighted by Gasteiger charge is -2.09. The summed E-state index contributed by atoms with van der Waals surface area (Å²) in [6.07, 6.45) is 3.60. The molecule has 126 valence electrons. The molecule has 0 aliphatic carbocycles. The molecule has 0 unspecified atom stereocenters. The van der Waals surface area contributed by atoms with E-state index in [-0.39, 0.29) is 0 Å². The Morgan fingerprint density at radius 1 is 0.962 bits per heavy atom. The van der Waals surface area contributed by atoms with E-state index >= 15 is 0 Å². The number of aromatic nitrogens is 3. The molecule has 1 N–H and O–H groups in total. The van der Waals surface area contributed by atoms with E-state index in [1.165, 1.54) is 15.0 Å². The fraction of sp³-hybridized carbons (Fsp3) is 0.0476. The quantitative estimate of drug-likeness (QED) is 0.463. The summed E-state index contributed by atoms with van der Waals surface area (Å²) in [5.41, 5.74) is 4.22. The van der Waals surface area contributed by atoms with Crippen LogP contribution in [0.5, 0.6) is 5.88 Å². The lowest BCUT2D eigenvalue weighted by molar-refractivity contribution is 0.399. The van der Waals surface area contributed by atoms with Crippen LogP contribution in [0.25, 0.3) is 42.6 Å². The normalized spacial score (nSPS) is 11.3. The molecule has 3 heterocycles. The molecule has 0 fully saturated rings. The van der Waals surface area contributed by atoms with E-state index in [4.69, 9.17) is 4.74 Å². The molecule has 5 heteroatoms. The van der Waals surface area contributed by atoms with E-state index in [1.807, 2.05) is 18.3 Å². The maximum absolute atomic E-state index is 5.45. The van der Waals surface area contributed by atoms with Crippen molar-refractivity contribution in [3.63, 3.8) is 0 Å². The molecule has 2 aromatic carbocycles. The number of thiophene rings is 1. The van der Waals surface area contributed by atoms with Crippen LogP contribution in [0.3, 0.4) is 0 Å². The van der Waals surface area contributed by atoms with Crippen LogP contribution in [0.1, 0.15) is 0 Å². The first kappa shape index (κ1) is 15.1. The van der Waals surface area contributed by atoms with Crippen molar-refractivity contribution in [3.8, 4) is 27.4 Å². The van der Waals surface area contributed by atoms with Crippen molar-refractivity contribution in [2.45, 2.75) is 0 Å². The van der Waals surface area contributed by atoms with Crippen LogP contribution in [-0.4, -0.2) is 22.3 Å². The van der Waals surface area contributed by atoms with Gasteiger partial charge in [0.15, 0.2) is 0 Å². The van der Waals surface area contributed by atoms with Crippen LogP contribution in [0.4, 0.5) is 0 Å². The van der Waals surface area contributed by atoms with E-state index in [2.05, 4.69) is 57.6 Å². The van der Waals surface area contributed by atoms with Gasteiger partial charge in [0.1, 0.15) is 0 Å². The fourth-order valence-electron chi connectivity index (χ4n) is 3.30. The van der Waals surface area contributed by atoms with Crippen molar-refractivity contribution in [1.82, 2.24) is 15.2 Å². The second-order valence-electron chi connectivity index (χ2n) is 6.07. The predicted octanol–water partition coefficient (Wildman–Crippen LogP) is 5.52. The van der Waals surface area contributed by atoms with Gasteiger partial charge in [-0.1, -0.05) is 18.2 Å². The first-order valence-electron chi connectivity index (χ1n) is 8.29. The first-order valence-corrected chi connectivity index (χ1v) is 9.10. The minimum absolute atomic E-state index is 0.623. The molecule has 4 nitrogen and oxygen atoms in total. The molecule has 3 aromatic heterocycles. The maximum Gasteiger partial charge on any atom is 0.221 e. The molecule has 0 aliphatic rings. The van der Waals surface area contributed by atoms with E-state index in [1.54, 1.807) is 24.6 Å². The maximum atomic E-state index is 5.45. The van der Waals surface area contributed by atoms with Gasteiger partial charge < -0.3 is 4.74 Å². The van der Waals surface area contributed by atoms with Crippen LogP contribution < -0.4 is 4.74 Å². The summed E-state index contributed by atoms with van der Waals surface area (Å²) in [5, 5.41) is 9.72. The first-order chi connectivity index (χ1) is 12.8. The molecule has 0 radical (unpaired) electrons. The second kappa shape index (κ2) is 5.97. The number of fused-ring (bicyclic) bond motifs is 2. The van der Waals surface area contributed by atoms with E-state index < -0.39 is 0 Å². The second-order valence-corrected chi connectivity index (χ2v) is 7.15. The minimum atomic E-state index is 0.623. The molecule has 0 saturated carbocycles. The van der Waals surface area contributed by atoms with Crippen LogP contribution >= 0.6 is 11.3 Å². The molecule has 0 spiro atoms. The Morgan fingerprint density at radius 3 is 2.77 bits per heavy atom. The molecule has 0 aliphatic heterocycles. The molecule has 5 rings (SSSR count). The van der Waals surface area contributed by atoms with Gasteiger partial charge in [-0.15, -0.1) is 11.3 Å². The molecule has 0 bridgehead atoms. The van der Waals surface area contributed by atoms with Gasteiger partial charge in [0.25, 0.3) is 0 Å². The Kier molecular flexibility index (Phi) is 3.47. The summed E-state index contributed by atoms with van der Waals surface area (Å²) in [7, 11) is 1.65. The number of pyridine rings is 1.